The van der Waals surface area contributed by atoms with Crippen LogP contribution in [0.2, 0.25) is 0 Å². The van der Waals surface area contributed by atoms with Gasteiger partial charge >= 0.3 is 6.03 Å². The third-order valence-electron chi connectivity index (χ3n) is 5.31. The number of hydrogen-bond acceptors (Lipinski definition) is 2. The third kappa shape index (κ3) is 3.25. The van der Waals surface area contributed by atoms with E-state index in [2.05, 4.69) is 37.4 Å². The molecule has 1 aliphatic heterocycles. The van der Waals surface area contributed by atoms with E-state index in [1.165, 1.54) is 21.6 Å². The van der Waals surface area contributed by atoms with Crippen molar-refractivity contribution >= 4 is 11.9 Å². The van der Waals surface area contributed by atoms with Crippen LogP contribution in [0.5, 0.6) is 0 Å². The van der Waals surface area contributed by atoms with Crippen LogP contribution in [0, 0.1) is 0 Å². The first-order chi connectivity index (χ1) is 11.5. The van der Waals surface area contributed by atoms with Gasteiger partial charge in [-0.1, -0.05) is 32.0 Å². The monoisotopic (exact) mass is 329 g/mol. The summed E-state index contributed by atoms with van der Waals surface area (Å²) in [5.41, 5.74) is 9.26. The lowest BCUT2D eigenvalue weighted by molar-refractivity contribution is -0.125. The Morgan fingerprint density at radius 1 is 1.25 bits per heavy atom. The molecule has 5 heteroatoms. The molecule has 3 amide bonds. The molecule has 2 atom stereocenters. The number of amides is 3. The van der Waals surface area contributed by atoms with Crippen LogP contribution in [0.25, 0.3) is 0 Å². The van der Waals surface area contributed by atoms with Gasteiger partial charge in [0, 0.05) is 6.54 Å². The highest BCUT2D eigenvalue weighted by molar-refractivity contribution is 5.87. The van der Waals surface area contributed by atoms with Crippen LogP contribution >= 0.6 is 0 Å². The molecule has 0 radical (unpaired) electrons. The first-order valence-corrected chi connectivity index (χ1v) is 8.96. The molecule has 1 aromatic carbocycles. The van der Waals surface area contributed by atoms with Crippen molar-refractivity contribution in [2.24, 2.45) is 5.73 Å². The number of carbonyl (C=O) groups excluding carboxylic acids is 2. The van der Waals surface area contributed by atoms with Crippen LogP contribution in [-0.2, 0) is 11.2 Å². The van der Waals surface area contributed by atoms with Gasteiger partial charge in [-0.3, -0.25) is 4.79 Å². The standard InChI is InChI=1S/C19H27N3O2/c1-12(2)14-9-8-13-5-3-6-16(15(13)11-14)21-18(23)17-7-4-10-22(17)19(20)24/h8-9,11-12,16-17H,3-7,10H2,1-2H3,(H2,20,24)(H,21,23)/t16-,17+/m1/s1. The van der Waals surface area contributed by atoms with Crippen LogP contribution in [0.15, 0.2) is 18.2 Å². The van der Waals surface area contributed by atoms with E-state index in [1.54, 1.807) is 0 Å². The zero-order valence-electron chi connectivity index (χ0n) is 14.5. The Labute approximate surface area is 143 Å². The van der Waals surface area contributed by atoms with Gasteiger partial charge in [0.05, 0.1) is 6.04 Å². The molecule has 3 rings (SSSR count). The molecule has 0 aromatic heterocycles. The lowest BCUT2D eigenvalue weighted by Gasteiger charge is -2.30. The Hall–Kier alpha value is -2.04. The maximum atomic E-state index is 12.7. The maximum Gasteiger partial charge on any atom is 0.315 e. The minimum Gasteiger partial charge on any atom is -0.351 e. The Morgan fingerprint density at radius 3 is 2.75 bits per heavy atom. The Morgan fingerprint density at radius 2 is 2.04 bits per heavy atom. The van der Waals surface area contributed by atoms with E-state index < -0.39 is 12.1 Å². The van der Waals surface area contributed by atoms with Crippen LogP contribution in [-0.4, -0.2) is 29.4 Å². The second kappa shape index (κ2) is 6.83. The van der Waals surface area contributed by atoms with Gasteiger partial charge in [0.25, 0.3) is 0 Å². The molecule has 1 saturated heterocycles. The summed E-state index contributed by atoms with van der Waals surface area (Å²) >= 11 is 0. The molecular formula is C19H27N3O2. The van der Waals surface area contributed by atoms with Gasteiger partial charge in [0.1, 0.15) is 6.04 Å². The van der Waals surface area contributed by atoms with E-state index in [0.29, 0.717) is 18.9 Å². The van der Waals surface area contributed by atoms with Gasteiger partial charge in [-0.2, -0.15) is 0 Å². The normalized spacial score (nSPS) is 23.2. The summed E-state index contributed by atoms with van der Waals surface area (Å²) in [6.07, 6.45) is 4.61. The summed E-state index contributed by atoms with van der Waals surface area (Å²) < 4.78 is 0. The predicted octanol–water partition coefficient (Wildman–Crippen LogP) is 2.85. The van der Waals surface area contributed by atoms with Crippen molar-refractivity contribution < 1.29 is 9.59 Å². The number of nitrogens with zero attached hydrogens (tertiary/aromatic N) is 1. The van der Waals surface area contributed by atoms with Crippen molar-refractivity contribution in [3.63, 3.8) is 0 Å². The van der Waals surface area contributed by atoms with Gasteiger partial charge in [-0.05, 0) is 54.7 Å². The highest BCUT2D eigenvalue weighted by Crippen LogP contribution is 2.32. The Bertz CT molecular complexity index is 641. The lowest BCUT2D eigenvalue weighted by atomic mass is 9.85. The highest BCUT2D eigenvalue weighted by Gasteiger charge is 2.34. The number of aryl methyl sites for hydroxylation is 1. The summed E-state index contributed by atoms with van der Waals surface area (Å²) in [4.78, 5) is 25.7. The number of benzene rings is 1. The van der Waals surface area contributed by atoms with Gasteiger partial charge in [0.2, 0.25) is 5.91 Å². The minimum absolute atomic E-state index is 0.0373. The topological polar surface area (TPSA) is 75.4 Å². The van der Waals surface area contributed by atoms with Crippen LogP contribution in [0.3, 0.4) is 0 Å². The zero-order valence-corrected chi connectivity index (χ0v) is 14.5. The highest BCUT2D eigenvalue weighted by atomic mass is 16.2. The molecule has 0 bridgehead atoms. The molecule has 1 aromatic rings. The molecule has 1 aliphatic carbocycles. The molecule has 0 saturated carbocycles. The molecule has 0 spiro atoms. The average Bonchev–Trinajstić information content (AvgIpc) is 3.04. The molecule has 24 heavy (non-hydrogen) atoms. The SMILES string of the molecule is CC(C)c1ccc2c(c1)[C@H](NC(=O)[C@@H]1CCCN1C(N)=O)CCC2. The maximum absolute atomic E-state index is 12.7. The predicted molar refractivity (Wildman–Crippen MR) is 93.7 cm³/mol. The summed E-state index contributed by atoms with van der Waals surface area (Å²) in [7, 11) is 0. The smallest absolute Gasteiger partial charge is 0.315 e. The fourth-order valence-corrected chi connectivity index (χ4v) is 3.90. The molecule has 5 nitrogen and oxygen atoms in total. The molecule has 1 fully saturated rings. The number of fused-ring (bicyclic) bond motifs is 1. The third-order valence-corrected chi connectivity index (χ3v) is 5.31. The fraction of sp³-hybridized carbons (Fsp3) is 0.579. The first-order valence-electron chi connectivity index (χ1n) is 8.96. The van der Waals surface area contributed by atoms with Gasteiger partial charge in [0.15, 0.2) is 0 Å². The molecule has 1 heterocycles. The number of primary amides is 1. The zero-order chi connectivity index (χ0) is 17.3. The van der Waals surface area contributed by atoms with Crippen molar-refractivity contribution in [1.82, 2.24) is 10.2 Å². The van der Waals surface area contributed by atoms with Crippen LogP contribution < -0.4 is 11.1 Å². The van der Waals surface area contributed by atoms with Gasteiger partial charge in [-0.25, -0.2) is 4.79 Å². The Balaban J connectivity index is 1.78. The molecule has 130 valence electrons. The second-order valence-electron chi connectivity index (χ2n) is 7.26. The number of hydrogen-bond donors (Lipinski definition) is 2. The van der Waals surface area contributed by atoms with Crippen molar-refractivity contribution in [3.8, 4) is 0 Å². The summed E-state index contributed by atoms with van der Waals surface area (Å²) in [6.45, 7) is 4.94. The number of rotatable bonds is 3. The average molecular weight is 329 g/mol. The number of nitrogens with two attached hydrogens (primary N) is 1. The van der Waals surface area contributed by atoms with Crippen LogP contribution in [0.1, 0.15) is 68.2 Å². The summed E-state index contributed by atoms with van der Waals surface area (Å²) in [5.74, 6) is 0.396. The molecule has 2 aliphatic rings. The summed E-state index contributed by atoms with van der Waals surface area (Å²) in [5, 5.41) is 3.18. The van der Waals surface area contributed by atoms with E-state index >= 15 is 0 Å². The lowest BCUT2D eigenvalue weighted by Crippen LogP contribution is -2.48. The van der Waals surface area contributed by atoms with Gasteiger partial charge < -0.3 is 16.0 Å². The number of nitrogens with one attached hydrogen (secondary N) is 1. The van der Waals surface area contributed by atoms with Gasteiger partial charge in [-0.15, -0.1) is 0 Å². The minimum atomic E-state index is -0.501. The largest absolute Gasteiger partial charge is 0.351 e. The van der Waals surface area contributed by atoms with E-state index in [0.717, 1.165) is 25.7 Å². The van der Waals surface area contributed by atoms with Crippen LogP contribution in [0.4, 0.5) is 4.79 Å². The van der Waals surface area contributed by atoms with Crippen molar-refractivity contribution in [2.45, 2.75) is 64.0 Å². The fourth-order valence-electron chi connectivity index (χ4n) is 3.90. The summed E-state index contributed by atoms with van der Waals surface area (Å²) in [6, 6.07) is 5.76. The van der Waals surface area contributed by atoms with Crippen molar-refractivity contribution in [3.05, 3.63) is 34.9 Å². The number of likely N-dealkylation sites (tertiary alicyclic amines) is 1. The first kappa shape index (κ1) is 16.8. The molecular weight excluding hydrogens is 302 g/mol. The number of urea groups is 1. The second-order valence-corrected chi connectivity index (χ2v) is 7.26. The number of carbonyl (C=O) groups is 2. The molecule has 3 N–H and O–H groups in total. The Kier molecular flexibility index (Phi) is 4.78. The van der Waals surface area contributed by atoms with E-state index in [9.17, 15) is 9.59 Å². The molecule has 0 unspecified atom stereocenters. The van der Waals surface area contributed by atoms with Crippen molar-refractivity contribution in [2.75, 3.05) is 6.54 Å². The van der Waals surface area contributed by atoms with E-state index in [-0.39, 0.29) is 11.9 Å². The van der Waals surface area contributed by atoms with Crippen molar-refractivity contribution in [1.29, 1.82) is 0 Å². The van der Waals surface area contributed by atoms with E-state index in [4.69, 9.17) is 5.73 Å². The van der Waals surface area contributed by atoms with E-state index in [1.807, 2.05) is 0 Å². The quantitative estimate of drug-likeness (QED) is 0.894.